The minimum atomic E-state index is -3.38. The average Bonchev–Trinajstić information content (AvgIpc) is 2.36. The van der Waals surface area contributed by atoms with Gasteiger partial charge in [0.25, 0.3) is 5.92 Å². The molecule has 1 rings (SSSR count). The molecular weight excluding hydrogens is 302 g/mol. The van der Waals surface area contributed by atoms with Crippen LogP contribution in [0.3, 0.4) is 0 Å². The number of rotatable bonds is 6. The molecule has 0 radical (unpaired) electrons. The highest BCUT2D eigenvalue weighted by Crippen LogP contribution is 2.48. The average molecular weight is 326 g/mol. The number of alkyl halides is 2. The van der Waals surface area contributed by atoms with Crippen molar-refractivity contribution in [2.75, 3.05) is 12.8 Å². The van der Waals surface area contributed by atoms with Gasteiger partial charge in [0.05, 0.1) is 6.26 Å². The zero-order chi connectivity index (χ0) is 16.3. The Hall–Kier alpha value is -0.760. The van der Waals surface area contributed by atoms with Gasteiger partial charge in [-0.3, -0.25) is 4.79 Å². The number of nitrogens with one attached hydrogen (secondary N) is 2. The Bertz CT molecular complexity index is 482. The van der Waals surface area contributed by atoms with E-state index in [1.54, 1.807) is 6.92 Å². The minimum Gasteiger partial charge on any atom is -0.351 e. The van der Waals surface area contributed by atoms with Crippen LogP contribution in [-0.4, -0.2) is 39.1 Å². The third-order valence-electron chi connectivity index (χ3n) is 4.15. The molecule has 0 aromatic carbocycles. The molecule has 124 valence electrons. The lowest BCUT2D eigenvalue weighted by atomic mass is 9.71. The Morgan fingerprint density at radius 2 is 1.86 bits per heavy atom. The lowest BCUT2D eigenvalue weighted by molar-refractivity contribution is -0.170. The van der Waals surface area contributed by atoms with Crippen LogP contribution in [0.4, 0.5) is 8.78 Å². The molecule has 1 aliphatic rings. The Balaban J connectivity index is 2.73. The first-order chi connectivity index (χ1) is 9.52. The number of amides is 1. The third kappa shape index (κ3) is 4.60. The maximum atomic E-state index is 14.1. The van der Waals surface area contributed by atoms with Crippen molar-refractivity contribution in [3.8, 4) is 0 Å². The van der Waals surface area contributed by atoms with Gasteiger partial charge >= 0.3 is 0 Å². The fourth-order valence-electron chi connectivity index (χ4n) is 2.46. The quantitative estimate of drug-likeness (QED) is 0.779. The predicted molar refractivity (Wildman–Crippen MR) is 76.6 cm³/mol. The van der Waals surface area contributed by atoms with Crippen molar-refractivity contribution in [3.63, 3.8) is 0 Å². The molecule has 2 N–H and O–H groups in total. The first-order valence-electron chi connectivity index (χ1n) is 7.15. The number of sulfonamides is 1. The second kappa shape index (κ2) is 6.56. The molecule has 0 heterocycles. The molecule has 0 aromatic heterocycles. The summed E-state index contributed by atoms with van der Waals surface area (Å²) in [6, 6.07) is -0.498. The zero-order valence-electron chi connectivity index (χ0n) is 12.7. The third-order valence-corrected chi connectivity index (χ3v) is 4.84. The highest BCUT2D eigenvalue weighted by atomic mass is 32.2. The largest absolute Gasteiger partial charge is 0.351 e. The molecule has 2 atom stereocenters. The van der Waals surface area contributed by atoms with E-state index in [9.17, 15) is 22.0 Å². The van der Waals surface area contributed by atoms with E-state index < -0.39 is 33.3 Å². The predicted octanol–water partition coefficient (Wildman–Crippen LogP) is 1.65. The van der Waals surface area contributed by atoms with E-state index >= 15 is 0 Å². The molecule has 1 aliphatic carbocycles. The number of carbonyl (C=O) groups excluding carboxylic acids is 1. The lowest BCUT2D eigenvalue weighted by Gasteiger charge is -2.40. The second-order valence-corrected chi connectivity index (χ2v) is 7.78. The van der Waals surface area contributed by atoms with E-state index in [4.69, 9.17) is 0 Å². The Labute approximate surface area is 124 Å². The fourth-order valence-corrected chi connectivity index (χ4v) is 2.96. The van der Waals surface area contributed by atoms with E-state index in [0.29, 0.717) is 19.3 Å². The van der Waals surface area contributed by atoms with Gasteiger partial charge in [0.2, 0.25) is 15.9 Å². The van der Waals surface area contributed by atoms with E-state index in [-0.39, 0.29) is 19.4 Å². The number of carbonyl (C=O) groups is 1. The topological polar surface area (TPSA) is 75.3 Å². The van der Waals surface area contributed by atoms with Gasteiger partial charge in [-0.15, -0.1) is 0 Å². The highest BCUT2D eigenvalue weighted by molar-refractivity contribution is 7.88. The van der Waals surface area contributed by atoms with Crippen molar-refractivity contribution in [2.24, 2.45) is 5.41 Å². The van der Waals surface area contributed by atoms with Crippen LogP contribution in [0.2, 0.25) is 0 Å². The number of hydrogen-bond donors (Lipinski definition) is 2. The van der Waals surface area contributed by atoms with Gasteiger partial charge < -0.3 is 5.32 Å². The molecule has 1 saturated carbocycles. The van der Waals surface area contributed by atoms with Gasteiger partial charge in [-0.25, -0.2) is 21.9 Å². The molecule has 5 nitrogen and oxygen atoms in total. The van der Waals surface area contributed by atoms with Crippen molar-refractivity contribution in [3.05, 3.63) is 0 Å². The van der Waals surface area contributed by atoms with Crippen LogP contribution in [0.25, 0.3) is 0 Å². The van der Waals surface area contributed by atoms with Gasteiger partial charge in [0, 0.05) is 19.0 Å². The summed E-state index contributed by atoms with van der Waals surface area (Å²) < 4.78 is 52.5. The van der Waals surface area contributed by atoms with Crippen LogP contribution in [0.15, 0.2) is 0 Å². The SMILES string of the molecule is CCC(CNS(C)(=O)=O)NC(=O)C1(C)CCCCC1(F)F. The summed E-state index contributed by atoms with van der Waals surface area (Å²) in [5.41, 5.74) is -1.72. The highest BCUT2D eigenvalue weighted by Gasteiger charge is 2.56. The number of halogens is 2. The maximum Gasteiger partial charge on any atom is 0.262 e. The molecule has 0 spiro atoms. The smallest absolute Gasteiger partial charge is 0.262 e. The molecule has 0 aromatic rings. The van der Waals surface area contributed by atoms with E-state index in [1.807, 2.05) is 0 Å². The van der Waals surface area contributed by atoms with Gasteiger partial charge in [0.1, 0.15) is 5.41 Å². The Morgan fingerprint density at radius 1 is 1.29 bits per heavy atom. The molecule has 0 saturated heterocycles. The van der Waals surface area contributed by atoms with Gasteiger partial charge in [-0.2, -0.15) is 0 Å². The van der Waals surface area contributed by atoms with E-state index in [0.717, 1.165) is 6.26 Å². The van der Waals surface area contributed by atoms with Crippen LogP contribution < -0.4 is 10.0 Å². The molecule has 0 aliphatic heterocycles. The molecule has 1 fully saturated rings. The molecule has 0 bridgehead atoms. The summed E-state index contributed by atoms with van der Waals surface area (Å²) in [7, 11) is -3.38. The van der Waals surface area contributed by atoms with Crippen molar-refractivity contribution >= 4 is 15.9 Å². The summed E-state index contributed by atoms with van der Waals surface area (Å²) in [5, 5.41) is 2.56. The fraction of sp³-hybridized carbons (Fsp3) is 0.923. The van der Waals surface area contributed by atoms with Gasteiger partial charge in [-0.1, -0.05) is 13.3 Å². The minimum absolute atomic E-state index is 0.00270. The molecule has 8 heteroatoms. The second-order valence-electron chi connectivity index (χ2n) is 5.94. The summed E-state index contributed by atoms with van der Waals surface area (Å²) in [5.74, 6) is -3.73. The van der Waals surface area contributed by atoms with Crippen molar-refractivity contribution in [2.45, 2.75) is 57.9 Å². The summed E-state index contributed by atoms with van der Waals surface area (Å²) >= 11 is 0. The van der Waals surface area contributed by atoms with E-state index in [1.165, 1.54) is 6.92 Å². The maximum absolute atomic E-state index is 14.1. The van der Waals surface area contributed by atoms with Crippen molar-refractivity contribution in [1.29, 1.82) is 0 Å². The van der Waals surface area contributed by atoms with Crippen LogP contribution in [0.1, 0.15) is 46.0 Å². The van der Waals surface area contributed by atoms with Crippen molar-refractivity contribution in [1.82, 2.24) is 10.0 Å². The standard InChI is InChI=1S/C13H24F2N2O3S/c1-4-10(9-16-21(3,19)20)17-11(18)12(2)7-5-6-8-13(12,14)15/h10,16H,4-9H2,1-3H3,(H,17,18). The van der Waals surface area contributed by atoms with Gasteiger partial charge in [0.15, 0.2) is 0 Å². The normalized spacial score (nSPS) is 27.1. The van der Waals surface area contributed by atoms with Gasteiger partial charge in [-0.05, 0) is 26.2 Å². The van der Waals surface area contributed by atoms with Crippen molar-refractivity contribution < 1.29 is 22.0 Å². The molecular formula is C13H24F2N2O3S. The van der Waals surface area contributed by atoms with Crippen LogP contribution in [0, 0.1) is 5.41 Å². The Morgan fingerprint density at radius 3 is 2.33 bits per heavy atom. The molecule has 21 heavy (non-hydrogen) atoms. The van der Waals surface area contributed by atoms with E-state index in [2.05, 4.69) is 10.0 Å². The van der Waals surface area contributed by atoms with Crippen LogP contribution >= 0.6 is 0 Å². The van der Waals surface area contributed by atoms with Crippen LogP contribution in [-0.2, 0) is 14.8 Å². The summed E-state index contributed by atoms with van der Waals surface area (Å²) in [6.45, 7) is 3.05. The monoisotopic (exact) mass is 326 g/mol. The lowest BCUT2D eigenvalue weighted by Crippen LogP contribution is -2.55. The first-order valence-corrected chi connectivity index (χ1v) is 9.04. The summed E-state index contributed by atoms with van der Waals surface area (Å²) in [4.78, 5) is 12.3. The zero-order valence-corrected chi connectivity index (χ0v) is 13.5. The Kier molecular flexibility index (Phi) is 5.71. The first kappa shape index (κ1) is 18.3. The molecule has 1 amide bonds. The van der Waals surface area contributed by atoms with Crippen LogP contribution in [0.5, 0.6) is 0 Å². The summed E-state index contributed by atoms with van der Waals surface area (Å²) in [6.07, 6.45) is 2.34. The molecule has 2 unspecified atom stereocenters. The number of hydrogen-bond acceptors (Lipinski definition) is 3.